The Morgan fingerprint density at radius 1 is 1.50 bits per heavy atom. The summed E-state index contributed by atoms with van der Waals surface area (Å²) in [5.41, 5.74) is 0.740. The van der Waals surface area contributed by atoms with Crippen LogP contribution in [0.25, 0.3) is 10.7 Å². The van der Waals surface area contributed by atoms with Crippen LogP contribution in [0.3, 0.4) is 0 Å². The molecule has 0 amide bonds. The Labute approximate surface area is 151 Å². The maximum atomic E-state index is 10.3. The van der Waals surface area contributed by atoms with Gasteiger partial charge in [-0.25, -0.2) is 0 Å². The third-order valence-corrected chi connectivity index (χ3v) is 2.94. The summed E-state index contributed by atoms with van der Waals surface area (Å²) >= 11 is 1.41. The molecule has 0 aromatic carbocycles. The zero-order valence-electron chi connectivity index (χ0n) is 10.0. The summed E-state index contributed by atoms with van der Waals surface area (Å²) in [6, 6.07) is 5.51. The summed E-state index contributed by atoms with van der Waals surface area (Å²) in [7, 11) is 0. The molecule has 0 fully saturated rings. The van der Waals surface area contributed by atoms with Crippen molar-refractivity contribution in [2.45, 2.75) is 6.92 Å². The number of ether oxygens (including phenoxy) is 1. The number of carboxylic acids is 1. The predicted octanol–water partition coefficient (Wildman–Crippen LogP) is -2.35. The van der Waals surface area contributed by atoms with Gasteiger partial charge in [-0.3, -0.25) is 4.98 Å². The number of thiazole rings is 1. The van der Waals surface area contributed by atoms with Gasteiger partial charge >= 0.3 is 51.4 Å². The number of carboxylic acid groups (broad SMARTS) is 1. The van der Waals surface area contributed by atoms with Gasteiger partial charge in [0.1, 0.15) is 11.6 Å². The maximum absolute atomic E-state index is 10.3. The van der Waals surface area contributed by atoms with Crippen molar-refractivity contribution in [2.75, 3.05) is 6.61 Å². The molecule has 2 rings (SSSR count). The summed E-state index contributed by atoms with van der Waals surface area (Å²) in [5.74, 6) is -0.948. The van der Waals surface area contributed by atoms with E-state index in [2.05, 4.69) is 9.97 Å². The molecule has 0 saturated heterocycles. The molecular formula is C11H9KN2O3S. The second kappa shape index (κ2) is 7.32. The Bertz CT molecular complexity index is 530. The van der Waals surface area contributed by atoms with Crippen molar-refractivity contribution in [3.8, 4) is 16.6 Å². The third-order valence-electron chi connectivity index (χ3n) is 1.96. The van der Waals surface area contributed by atoms with Crippen LogP contribution < -0.4 is 61.2 Å². The Morgan fingerprint density at radius 2 is 2.28 bits per heavy atom. The van der Waals surface area contributed by atoms with E-state index in [-0.39, 0.29) is 51.4 Å². The molecule has 2 aromatic heterocycles. The van der Waals surface area contributed by atoms with Crippen molar-refractivity contribution < 1.29 is 66.0 Å². The number of aromatic nitrogens is 2. The van der Waals surface area contributed by atoms with Crippen LogP contribution in [-0.4, -0.2) is 22.5 Å². The third kappa shape index (κ3) is 4.11. The zero-order chi connectivity index (χ0) is 12.3. The van der Waals surface area contributed by atoms with Crippen LogP contribution in [0.5, 0.6) is 5.88 Å². The number of carbonyl (C=O) groups excluding carboxylic acids is 1. The second-order valence-electron chi connectivity index (χ2n) is 3.26. The van der Waals surface area contributed by atoms with Crippen molar-refractivity contribution in [1.82, 2.24) is 9.97 Å². The molecule has 7 heteroatoms. The minimum Gasteiger partial charge on any atom is -0.546 e. The van der Waals surface area contributed by atoms with Gasteiger partial charge in [-0.05, 0) is 19.1 Å². The molecule has 2 heterocycles. The SMILES string of the molecule is Cc1sc(-c2ccccn2)nc1OCC(=O)[O-].[K+]. The van der Waals surface area contributed by atoms with Gasteiger partial charge < -0.3 is 14.6 Å². The van der Waals surface area contributed by atoms with Crippen LogP contribution >= 0.6 is 11.3 Å². The van der Waals surface area contributed by atoms with Gasteiger partial charge in [0.15, 0.2) is 0 Å². The molecule has 0 unspecified atom stereocenters. The van der Waals surface area contributed by atoms with E-state index in [9.17, 15) is 9.90 Å². The topological polar surface area (TPSA) is 75.1 Å². The van der Waals surface area contributed by atoms with Crippen molar-refractivity contribution in [2.24, 2.45) is 0 Å². The van der Waals surface area contributed by atoms with Crippen LogP contribution in [0.4, 0.5) is 0 Å². The van der Waals surface area contributed by atoms with Crippen LogP contribution in [0.2, 0.25) is 0 Å². The fourth-order valence-electron chi connectivity index (χ4n) is 1.24. The number of carbonyl (C=O) groups is 1. The van der Waals surface area contributed by atoms with E-state index in [1.807, 2.05) is 25.1 Å². The minimum atomic E-state index is -1.27. The number of hydrogen-bond acceptors (Lipinski definition) is 6. The van der Waals surface area contributed by atoms with Gasteiger partial charge in [0.2, 0.25) is 5.88 Å². The molecule has 0 saturated carbocycles. The van der Waals surface area contributed by atoms with Crippen molar-refractivity contribution in [3.05, 3.63) is 29.3 Å². The number of aliphatic carboxylic acids is 1. The predicted molar refractivity (Wildman–Crippen MR) is 60.6 cm³/mol. The average molecular weight is 288 g/mol. The molecule has 88 valence electrons. The zero-order valence-corrected chi connectivity index (χ0v) is 14.0. The Hall–Kier alpha value is -0.314. The first-order valence-corrected chi connectivity index (χ1v) is 5.70. The van der Waals surface area contributed by atoms with Gasteiger partial charge in [0.05, 0.1) is 16.5 Å². The summed E-state index contributed by atoms with van der Waals surface area (Å²) in [6.07, 6.45) is 1.67. The average Bonchev–Trinajstić information content (AvgIpc) is 2.69. The molecule has 0 atom stereocenters. The smallest absolute Gasteiger partial charge is 0.546 e. The molecule has 0 radical (unpaired) electrons. The summed E-state index contributed by atoms with van der Waals surface area (Å²) in [6.45, 7) is 1.32. The fourth-order valence-corrected chi connectivity index (χ4v) is 2.08. The van der Waals surface area contributed by atoms with E-state index in [0.29, 0.717) is 10.9 Å². The monoisotopic (exact) mass is 288 g/mol. The first kappa shape index (κ1) is 15.7. The molecule has 5 nitrogen and oxygen atoms in total. The normalized spacial score (nSPS) is 9.61. The summed E-state index contributed by atoms with van der Waals surface area (Å²) in [4.78, 5) is 19.5. The van der Waals surface area contributed by atoms with Crippen LogP contribution in [0.15, 0.2) is 24.4 Å². The van der Waals surface area contributed by atoms with Crippen LogP contribution in [-0.2, 0) is 4.79 Å². The second-order valence-corrected chi connectivity index (χ2v) is 4.46. The molecule has 0 spiro atoms. The summed E-state index contributed by atoms with van der Waals surface area (Å²) < 4.78 is 5.01. The minimum absolute atomic E-state index is 0. The van der Waals surface area contributed by atoms with Gasteiger partial charge in [0, 0.05) is 6.20 Å². The van der Waals surface area contributed by atoms with Crippen LogP contribution in [0.1, 0.15) is 4.88 Å². The van der Waals surface area contributed by atoms with Gasteiger partial charge in [-0.15, -0.1) is 11.3 Å². The fraction of sp³-hybridized carbons (Fsp3) is 0.182. The van der Waals surface area contributed by atoms with Gasteiger partial charge in [-0.1, -0.05) is 6.07 Å². The van der Waals surface area contributed by atoms with Crippen molar-refractivity contribution in [3.63, 3.8) is 0 Å². The van der Waals surface area contributed by atoms with E-state index in [4.69, 9.17) is 4.74 Å². The molecule has 0 aliphatic carbocycles. The van der Waals surface area contributed by atoms with Crippen molar-refractivity contribution >= 4 is 17.3 Å². The molecule has 18 heavy (non-hydrogen) atoms. The molecule has 0 bridgehead atoms. The van der Waals surface area contributed by atoms with E-state index in [0.717, 1.165) is 10.6 Å². The van der Waals surface area contributed by atoms with Crippen molar-refractivity contribution in [1.29, 1.82) is 0 Å². The number of hydrogen-bond donors (Lipinski definition) is 0. The molecule has 0 N–H and O–H groups in total. The van der Waals surface area contributed by atoms with E-state index < -0.39 is 12.6 Å². The summed E-state index contributed by atoms with van der Waals surface area (Å²) in [5, 5.41) is 11.0. The number of nitrogens with zero attached hydrogens (tertiary/aromatic N) is 2. The first-order chi connectivity index (χ1) is 8.16. The molecular weight excluding hydrogens is 279 g/mol. The van der Waals surface area contributed by atoms with Crippen LogP contribution in [0, 0.1) is 6.92 Å². The Balaban J connectivity index is 0.00000162. The van der Waals surface area contributed by atoms with E-state index in [1.165, 1.54) is 11.3 Å². The quantitative estimate of drug-likeness (QED) is 0.589. The van der Waals surface area contributed by atoms with Gasteiger partial charge in [-0.2, -0.15) is 4.98 Å². The Kier molecular flexibility index (Phi) is 6.40. The first-order valence-electron chi connectivity index (χ1n) is 4.88. The number of pyridine rings is 1. The van der Waals surface area contributed by atoms with Gasteiger partial charge in [0.25, 0.3) is 0 Å². The molecule has 0 aliphatic heterocycles. The number of rotatable bonds is 4. The van der Waals surface area contributed by atoms with E-state index >= 15 is 0 Å². The number of aryl methyl sites for hydroxylation is 1. The van der Waals surface area contributed by atoms with E-state index in [1.54, 1.807) is 6.20 Å². The molecule has 2 aromatic rings. The maximum Gasteiger partial charge on any atom is 1.00 e. The largest absolute Gasteiger partial charge is 1.00 e. The Morgan fingerprint density at radius 3 is 2.89 bits per heavy atom. The standard InChI is InChI=1S/C11H10N2O3S.K/c1-7-10(16-6-9(14)15)13-11(17-7)8-4-2-3-5-12-8;/h2-5H,6H2,1H3,(H,14,15);/q;+1/p-1. The molecule has 0 aliphatic rings.